The summed E-state index contributed by atoms with van der Waals surface area (Å²) in [6.07, 6.45) is 2.49. The van der Waals surface area contributed by atoms with Gasteiger partial charge in [0.15, 0.2) is 0 Å². The lowest BCUT2D eigenvalue weighted by Crippen LogP contribution is -2.11. The van der Waals surface area contributed by atoms with Crippen LogP contribution in [0.3, 0.4) is 0 Å². The van der Waals surface area contributed by atoms with Gasteiger partial charge in [-0.15, -0.1) is 0 Å². The number of H-pyrrole nitrogens is 1. The van der Waals surface area contributed by atoms with Crippen LogP contribution < -0.4 is 5.32 Å². The average Bonchev–Trinajstić information content (AvgIpc) is 2.81. The topological polar surface area (TPSA) is 123 Å². The third kappa shape index (κ3) is 2.35. The SMILES string of the molecule is CC(Nc1ncnc(Cl)c1[N+](=O)[O-])c1ncn[nH]1. The van der Waals surface area contributed by atoms with E-state index in [2.05, 4.69) is 30.5 Å². The summed E-state index contributed by atoms with van der Waals surface area (Å²) in [6.45, 7) is 1.75. The fourth-order valence-electron chi connectivity index (χ4n) is 1.32. The minimum Gasteiger partial charge on any atom is -0.354 e. The summed E-state index contributed by atoms with van der Waals surface area (Å²) in [6, 6.07) is -0.336. The van der Waals surface area contributed by atoms with E-state index in [1.165, 1.54) is 6.33 Å². The van der Waals surface area contributed by atoms with Crippen molar-refractivity contribution in [2.45, 2.75) is 13.0 Å². The van der Waals surface area contributed by atoms with Crippen molar-refractivity contribution in [3.63, 3.8) is 0 Å². The van der Waals surface area contributed by atoms with E-state index in [4.69, 9.17) is 11.6 Å². The van der Waals surface area contributed by atoms with Crippen LogP contribution in [0.15, 0.2) is 12.7 Å². The van der Waals surface area contributed by atoms with Gasteiger partial charge >= 0.3 is 5.69 Å². The van der Waals surface area contributed by atoms with E-state index in [0.29, 0.717) is 5.82 Å². The highest BCUT2D eigenvalue weighted by atomic mass is 35.5. The van der Waals surface area contributed by atoms with E-state index in [1.807, 2.05) is 0 Å². The number of anilines is 1. The van der Waals surface area contributed by atoms with Gasteiger partial charge in [0.2, 0.25) is 11.0 Å². The van der Waals surface area contributed by atoms with Gasteiger partial charge < -0.3 is 5.32 Å². The van der Waals surface area contributed by atoms with Crippen molar-refractivity contribution >= 4 is 23.1 Å². The highest BCUT2D eigenvalue weighted by Gasteiger charge is 2.23. The van der Waals surface area contributed by atoms with Gasteiger partial charge in [-0.1, -0.05) is 11.6 Å². The molecule has 1 unspecified atom stereocenters. The van der Waals surface area contributed by atoms with Crippen LogP contribution in [-0.2, 0) is 0 Å². The van der Waals surface area contributed by atoms with Gasteiger partial charge in [0.05, 0.1) is 11.0 Å². The second-order valence-corrected chi connectivity index (χ2v) is 3.71. The van der Waals surface area contributed by atoms with E-state index in [1.54, 1.807) is 6.92 Å². The zero-order valence-electron chi connectivity index (χ0n) is 9.16. The molecule has 2 aromatic heterocycles. The minimum absolute atomic E-state index is 0.0314. The summed E-state index contributed by atoms with van der Waals surface area (Å²) in [5.74, 6) is 0.558. The fraction of sp³-hybridized carbons (Fsp3) is 0.250. The lowest BCUT2D eigenvalue weighted by Gasteiger charge is -2.11. The highest BCUT2D eigenvalue weighted by Crippen LogP contribution is 2.30. The predicted molar refractivity (Wildman–Crippen MR) is 62.1 cm³/mol. The first-order chi connectivity index (χ1) is 8.59. The molecule has 0 aliphatic rings. The largest absolute Gasteiger partial charge is 0.354 e. The first kappa shape index (κ1) is 12.2. The summed E-state index contributed by atoms with van der Waals surface area (Å²) >= 11 is 5.66. The molecular weight excluding hydrogens is 262 g/mol. The fourth-order valence-corrected chi connectivity index (χ4v) is 1.52. The van der Waals surface area contributed by atoms with Gasteiger partial charge in [0, 0.05) is 0 Å². The molecule has 0 amide bonds. The lowest BCUT2D eigenvalue weighted by molar-refractivity contribution is -0.384. The Labute approximate surface area is 106 Å². The van der Waals surface area contributed by atoms with Crippen molar-refractivity contribution in [3.05, 3.63) is 33.7 Å². The quantitative estimate of drug-likeness (QED) is 0.487. The number of nitrogens with one attached hydrogen (secondary N) is 2. The summed E-state index contributed by atoms with van der Waals surface area (Å²) in [5, 5.41) is 19.8. The monoisotopic (exact) mass is 269 g/mol. The Bertz CT molecular complexity index is 559. The van der Waals surface area contributed by atoms with Crippen LogP contribution in [0, 0.1) is 10.1 Å². The van der Waals surface area contributed by atoms with Gasteiger partial charge in [-0.3, -0.25) is 15.2 Å². The smallest absolute Gasteiger partial charge is 0.348 e. The van der Waals surface area contributed by atoms with Crippen LogP contribution in [-0.4, -0.2) is 30.1 Å². The predicted octanol–water partition coefficient (Wildman–Crippen LogP) is 1.33. The zero-order chi connectivity index (χ0) is 13.1. The van der Waals surface area contributed by atoms with E-state index < -0.39 is 4.92 Å². The van der Waals surface area contributed by atoms with E-state index >= 15 is 0 Å². The number of aromatic nitrogens is 5. The van der Waals surface area contributed by atoms with Crippen LogP contribution in [0.5, 0.6) is 0 Å². The summed E-state index contributed by atoms with van der Waals surface area (Å²) < 4.78 is 0. The number of rotatable bonds is 4. The molecular formula is C8H8ClN7O2. The number of halogens is 1. The molecule has 9 nitrogen and oxygen atoms in total. The zero-order valence-corrected chi connectivity index (χ0v) is 9.92. The maximum atomic E-state index is 10.9. The molecule has 0 bridgehead atoms. The Kier molecular flexibility index (Phi) is 3.33. The van der Waals surface area contributed by atoms with Gasteiger partial charge in [-0.05, 0) is 6.92 Å². The summed E-state index contributed by atoms with van der Waals surface area (Å²) in [4.78, 5) is 21.5. The molecule has 0 radical (unpaired) electrons. The Morgan fingerprint density at radius 1 is 1.44 bits per heavy atom. The molecule has 0 aliphatic heterocycles. The van der Waals surface area contributed by atoms with Crippen molar-refractivity contribution in [1.29, 1.82) is 0 Å². The number of hydrogen-bond donors (Lipinski definition) is 2. The number of nitrogens with zero attached hydrogens (tertiary/aromatic N) is 5. The standard InChI is InChI=1S/C8H8ClN7O2/c1-4(7-12-3-13-15-7)14-8-5(16(17)18)6(9)10-2-11-8/h2-4H,1H3,(H,10,11,14)(H,12,13,15). The normalized spacial score (nSPS) is 12.1. The molecule has 2 rings (SSSR count). The Hall–Kier alpha value is -2.29. The average molecular weight is 270 g/mol. The Balaban J connectivity index is 2.29. The summed E-state index contributed by atoms with van der Waals surface area (Å²) in [7, 11) is 0. The molecule has 94 valence electrons. The van der Waals surface area contributed by atoms with Crippen LogP contribution in [0.25, 0.3) is 0 Å². The van der Waals surface area contributed by atoms with Gasteiger partial charge in [0.25, 0.3) is 0 Å². The van der Waals surface area contributed by atoms with Crippen molar-refractivity contribution < 1.29 is 4.92 Å². The maximum absolute atomic E-state index is 10.9. The third-order valence-corrected chi connectivity index (χ3v) is 2.43. The number of hydrogen-bond acceptors (Lipinski definition) is 7. The second kappa shape index (κ2) is 4.92. The van der Waals surface area contributed by atoms with Crippen LogP contribution in [0.2, 0.25) is 5.15 Å². The molecule has 0 spiro atoms. The number of aromatic amines is 1. The van der Waals surface area contributed by atoms with Crippen LogP contribution in [0.1, 0.15) is 18.8 Å². The van der Waals surface area contributed by atoms with Gasteiger partial charge in [-0.2, -0.15) is 5.10 Å². The summed E-state index contributed by atoms with van der Waals surface area (Å²) in [5.41, 5.74) is -0.370. The molecule has 0 saturated carbocycles. The molecule has 1 atom stereocenters. The molecule has 0 aliphatic carbocycles. The van der Waals surface area contributed by atoms with Gasteiger partial charge in [-0.25, -0.2) is 15.0 Å². The van der Waals surface area contributed by atoms with E-state index in [0.717, 1.165) is 6.33 Å². The molecule has 10 heteroatoms. The third-order valence-electron chi connectivity index (χ3n) is 2.16. The van der Waals surface area contributed by atoms with Gasteiger partial charge in [0.1, 0.15) is 18.5 Å². The Morgan fingerprint density at radius 2 is 2.22 bits per heavy atom. The van der Waals surface area contributed by atoms with Crippen LogP contribution >= 0.6 is 11.6 Å². The van der Waals surface area contributed by atoms with Crippen molar-refractivity contribution in [2.75, 3.05) is 5.32 Å². The molecule has 0 fully saturated rings. The van der Waals surface area contributed by atoms with Crippen molar-refractivity contribution in [1.82, 2.24) is 25.1 Å². The minimum atomic E-state index is -0.641. The first-order valence-electron chi connectivity index (χ1n) is 4.86. The molecule has 0 saturated heterocycles. The molecule has 2 heterocycles. The first-order valence-corrected chi connectivity index (χ1v) is 5.24. The molecule has 0 aromatic carbocycles. The molecule has 2 aromatic rings. The van der Waals surface area contributed by atoms with Crippen molar-refractivity contribution in [3.8, 4) is 0 Å². The molecule has 18 heavy (non-hydrogen) atoms. The second-order valence-electron chi connectivity index (χ2n) is 3.36. The van der Waals surface area contributed by atoms with Crippen LogP contribution in [0.4, 0.5) is 11.5 Å². The molecule has 2 N–H and O–H groups in total. The van der Waals surface area contributed by atoms with E-state index in [-0.39, 0.29) is 22.7 Å². The maximum Gasteiger partial charge on any atom is 0.348 e. The van der Waals surface area contributed by atoms with Crippen molar-refractivity contribution in [2.24, 2.45) is 0 Å². The Morgan fingerprint density at radius 3 is 2.83 bits per heavy atom. The van der Waals surface area contributed by atoms with E-state index in [9.17, 15) is 10.1 Å². The lowest BCUT2D eigenvalue weighted by atomic mass is 10.3. The number of nitro groups is 1. The highest BCUT2D eigenvalue weighted by molar-refractivity contribution is 6.31.